The molecule has 0 saturated carbocycles. The number of fused-ring (bicyclic) bond motifs is 1. The maximum Gasteiger partial charge on any atom is 0.270 e. The number of nitro groups is 1. The van der Waals surface area contributed by atoms with Gasteiger partial charge in [-0.2, -0.15) is 0 Å². The Morgan fingerprint density at radius 3 is 2.78 bits per heavy atom. The molecule has 7 nitrogen and oxygen atoms in total. The number of nitro benzene ring substituents is 1. The zero-order valence-corrected chi connectivity index (χ0v) is 15.1. The minimum atomic E-state index is -0.409. The maximum absolute atomic E-state index is 13.1. The van der Waals surface area contributed by atoms with Crippen LogP contribution in [0.15, 0.2) is 47.1 Å². The molecule has 2 aromatic heterocycles. The van der Waals surface area contributed by atoms with E-state index in [4.69, 9.17) is 4.42 Å². The van der Waals surface area contributed by atoms with Crippen molar-refractivity contribution in [1.29, 1.82) is 0 Å². The van der Waals surface area contributed by atoms with Gasteiger partial charge < -0.3 is 13.9 Å². The first-order chi connectivity index (χ1) is 13.0. The highest BCUT2D eigenvalue weighted by atomic mass is 16.6. The van der Waals surface area contributed by atoms with E-state index in [9.17, 15) is 14.9 Å². The largest absolute Gasteiger partial charge is 0.463 e. The Labute approximate surface area is 156 Å². The number of carbonyl (C=O) groups excluding carboxylic acids is 1. The van der Waals surface area contributed by atoms with E-state index >= 15 is 0 Å². The van der Waals surface area contributed by atoms with Crippen LogP contribution in [0.2, 0.25) is 0 Å². The fourth-order valence-corrected chi connectivity index (χ4v) is 3.65. The molecule has 0 N–H and O–H groups in total. The van der Waals surface area contributed by atoms with Crippen LogP contribution in [0.3, 0.4) is 0 Å². The second kappa shape index (κ2) is 6.90. The molecular weight excluding hydrogens is 346 g/mol. The summed E-state index contributed by atoms with van der Waals surface area (Å²) in [6.07, 6.45) is 3.60. The van der Waals surface area contributed by atoms with Crippen LogP contribution in [0, 0.1) is 16.0 Å². The number of rotatable bonds is 4. The average molecular weight is 367 g/mol. The summed E-state index contributed by atoms with van der Waals surface area (Å²) in [5.41, 5.74) is 2.83. The lowest BCUT2D eigenvalue weighted by molar-refractivity contribution is -0.384. The van der Waals surface area contributed by atoms with Gasteiger partial charge in [-0.25, -0.2) is 0 Å². The molecule has 4 rings (SSSR count). The number of hydrogen-bond donors (Lipinski definition) is 0. The van der Waals surface area contributed by atoms with E-state index in [0.717, 1.165) is 37.0 Å². The van der Waals surface area contributed by atoms with Gasteiger partial charge in [-0.1, -0.05) is 19.1 Å². The van der Waals surface area contributed by atoms with Gasteiger partial charge >= 0.3 is 0 Å². The Morgan fingerprint density at radius 2 is 2.04 bits per heavy atom. The van der Waals surface area contributed by atoms with Crippen LogP contribution in [0.1, 0.15) is 35.8 Å². The van der Waals surface area contributed by atoms with Gasteiger partial charge in [0, 0.05) is 43.9 Å². The first-order valence-corrected chi connectivity index (χ1v) is 9.12. The number of amides is 1. The second-order valence-electron chi connectivity index (χ2n) is 7.19. The molecule has 140 valence electrons. The number of furan rings is 1. The van der Waals surface area contributed by atoms with Gasteiger partial charge in [-0.15, -0.1) is 0 Å². The fourth-order valence-electron chi connectivity index (χ4n) is 3.65. The maximum atomic E-state index is 13.1. The quantitative estimate of drug-likeness (QED) is 0.514. The van der Waals surface area contributed by atoms with Crippen molar-refractivity contribution < 1.29 is 14.1 Å². The summed E-state index contributed by atoms with van der Waals surface area (Å²) >= 11 is 0. The van der Waals surface area contributed by atoms with Crippen molar-refractivity contribution >= 4 is 22.7 Å². The Balaban J connectivity index is 1.68. The molecule has 1 aliphatic rings. The van der Waals surface area contributed by atoms with Crippen molar-refractivity contribution in [1.82, 2.24) is 9.47 Å². The van der Waals surface area contributed by atoms with Crippen LogP contribution in [0.5, 0.6) is 0 Å². The lowest BCUT2D eigenvalue weighted by Gasteiger charge is -2.30. The minimum Gasteiger partial charge on any atom is -0.463 e. The molecule has 1 amide bonds. The van der Waals surface area contributed by atoms with Crippen molar-refractivity contribution in [3.63, 3.8) is 0 Å². The van der Waals surface area contributed by atoms with E-state index in [-0.39, 0.29) is 11.6 Å². The third kappa shape index (κ3) is 3.32. The highest BCUT2D eigenvalue weighted by molar-refractivity contribution is 5.97. The van der Waals surface area contributed by atoms with Gasteiger partial charge in [-0.3, -0.25) is 14.9 Å². The van der Waals surface area contributed by atoms with Crippen LogP contribution in [0.25, 0.3) is 11.1 Å². The van der Waals surface area contributed by atoms with Crippen molar-refractivity contribution in [2.75, 3.05) is 13.1 Å². The molecule has 1 fully saturated rings. The second-order valence-corrected chi connectivity index (χ2v) is 7.19. The van der Waals surface area contributed by atoms with Crippen LogP contribution < -0.4 is 0 Å². The van der Waals surface area contributed by atoms with Crippen molar-refractivity contribution in [3.05, 3.63) is 64.0 Å². The third-order valence-corrected chi connectivity index (χ3v) is 5.27. The molecule has 0 spiro atoms. The lowest BCUT2D eigenvalue weighted by atomic mass is 9.99. The van der Waals surface area contributed by atoms with E-state index in [1.54, 1.807) is 24.5 Å². The molecule has 3 aromatic rings. The zero-order chi connectivity index (χ0) is 19.0. The topological polar surface area (TPSA) is 81.5 Å². The van der Waals surface area contributed by atoms with E-state index in [0.29, 0.717) is 23.7 Å². The lowest BCUT2D eigenvalue weighted by Crippen LogP contribution is -2.38. The molecule has 3 heterocycles. The molecule has 0 unspecified atom stereocenters. The van der Waals surface area contributed by atoms with Crippen molar-refractivity contribution in [3.8, 4) is 0 Å². The standard InChI is InChI=1S/C20H21N3O4/c1-14-5-8-21(9-6-14)20(24)18-12-19-17(7-10-27-19)22(18)13-15-3-2-4-16(11-15)23(25)26/h2-4,7,10-12,14H,5-6,8-9,13H2,1H3. The molecular formula is C20H21N3O4. The van der Waals surface area contributed by atoms with Gasteiger partial charge in [0.1, 0.15) is 5.69 Å². The van der Waals surface area contributed by atoms with E-state index in [1.807, 2.05) is 21.6 Å². The number of non-ortho nitro benzene ring substituents is 1. The number of hydrogen-bond acceptors (Lipinski definition) is 4. The Hall–Kier alpha value is -3.09. The van der Waals surface area contributed by atoms with Gasteiger partial charge in [0.15, 0.2) is 5.58 Å². The van der Waals surface area contributed by atoms with Gasteiger partial charge in [0.2, 0.25) is 0 Å². The summed E-state index contributed by atoms with van der Waals surface area (Å²) in [5.74, 6) is 0.626. The predicted octanol–water partition coefficient (Wildman–Crippen LogP) is 4.06. The monoisotopic (exact) mass is 367 g/mol. The van der Waals surface area contributed by atoms with Gasteiger partial charge in [0.25, 0.3) is 11.6 Å². The summed E-state index contributed by atoms with van der Waals surface area (Å²) < 4.78 is 7.38. The van der Waals surface area contributed by atoms with Crippen LogP contribution >= 0.6 is 0 Å². The molecule has 1 saturated heterocycles. The van der Waals surface area contributed by atoms with Crippen LogP contribution in [-0.2, 0) is 6.54 Å². The summed E-state index contributed by atoms with van der Waals surface area (Å²) in [6.45, 7) is 4.09. The Morgan fingerprint density at radius 1 is 1.26 bits per heavy atom. The zero-order valence-electron chi connectivity index (χ0n) is 15.1. The first kappa shape index (κ1) is 17.3. The molecule has 0 radical (unpaired) electrons. The number of benzene rings is 1. The molecule has 1 aromatic carbocycles. The fraction of sp³-hybridized carbons (Fsp3) is 0.350. The molecule has 27 heavy (non-hydrogen) atoms. The SMILES string of the molecule is CC1CCN(C(=O)c2cc3occc3n2Cc2cccc([N+](=O)[O-])c2)CC1. The Bertz CT molecular complexity index is 996. The summed E-state index contributed by atoms with van der Waals surface area (Å²) in [6, 6.07) is 10.1. The summed E-state index contributed by atoms with van der Waals surface area (Å²) in [7, 11) is 0. The Kier molecular flexibility index (Phi) is 4.43. The predicted molar refractivity (Wildman–Crippen MR) is 101 cm³/mol. The average Bonchev–Trinajstić information content (AvgIpc) is 3.25. The van der Waals surface area contributed by atoms with E-state index in [2.05, 4.69) is 6.92 Å². The number of nitrogens with zero attached hydrogens (tertiary/aromatic N) is 3. The van der Waals surface area contributed by atoms with E-state index in [1.165, 1.54) is 6.07 Å². The number of piperidine rings is 1. The summed E-state index contributed by atoms with van der Waals surface area (Å²) in [4.78, 5) is 25.7. The molecule has 0 bridgehead atoms. The highest BCUT2D eigenvalue weighted by Gasteiger charge is 2.25. The first-order valence-electron chi connectivity index (χ1n) is 9.12. The highest BCUT2D eigenvalue weighted by Crippen LogP contribution is 2.26. The molecule has 7 heteroatoms. The van der Waals surface area contributed by atoms with Crippen LogP contribution in [-0.4, -0.2) is 33.4 Å². The minimum absolute atomic E-state index is 0.0151. The molecule has 0 aliphatic carbocycles. The van der Waals surface area contributed by atoms with Crippen molar-refractivity contribution in [2.45, 2.75) is 26.3 Å². The third-order valence-electron chi connectivity index (χ3n) is 5.27. The number of aromatic nitrogens is 1. The molecule has 0 atom stereocenters. The van der Waals surface area contributed by atoms with Crippen molar-refractivity contribution in [2.24, 2.45) is 5.92 Å². The normalized spacial score (nSPS) is 15.4. The molecule has 1 aliphatic heterocycles. The summed E-state index contributed by atoms with van der Waals surface area (Å²) in [5, 5.41) is 11.1. The van der Waals surface area contributed by atoms with Gasteiger partial charge in [0.05, 0.1) is 16.7 Å². The smallest absolute Gasteiger partial charge is 0.270 e. The number of likely N-dealkylation sites (tertiary alicyclic amines) is 1. The number of carbonyl (C=O) groups is 1. The van der Waals surface area contributed by atoms with E-state index < -0.39 is 4.92 Å². The van der Waals surface area contributed by atoms with Gasteiger partial charge in [-0.05, 0) is 24.3 Å². The van der Waals surface area contributed by atoms with Crippen LogP contribution in [0.4, 0.5) is 5.69 Å².